The molecule has 1 fully saturated rings. The van der Waals surface area contributed by atoms with E-state index in [1.54, 1.807) is 0 Å². The molecule has 0 bridgehead atoms. The summed E-state index contributed by atoms with van der Waals surface area (Å²) < 4.78 is 26.6. The number of nitrogens with zero attached hydrogens (tertiary/aromatic N) is 2. The number of carbonyl (C=O) groups excluding carboxylic acids is 1. The van der Waals surface area contributed by atoms with Gasteiger partial charge in [0.1, 0.15) is 0 Å². The number of benzene rings is 2. The van der Waals surface area contributed by atoms with Crippen molar-refractivity contribution in [3.8, 4) is 17.2 Å². The molecule has 0 atom stereocenters. The van der Waals surface area contributed by atoms with Crippen molar-refractivity contribution in [3.05, 3.63) is 47.0 Å². The van der Waals surface area contributed by atoms with Crippen LogP contribution in [-0.2, 0) is 10.0 Å². The summed E-state index contributed by atoms with van der Waals surface area (Å²) in [5.41, 5.74) is -0.00296. The van der Waals surface area contributed by atoms with E-state index in [-0.39, 0.29) is 36.6 Å². The quantitative estimate of drug-likeness (QED) is 0.659. The predicted molar refractivity (Wildman–Crippen MR) is 97.6 cm³/mol. The molecule has 0 unspecified atom stereocenters. The standard InChI is InChI=1S/C17H17ClN2O6S/c18-12-1-3-13(4-2-12)27(25,26)20-7-5-19(6-8-20)17(24)11-9-14(21)16(23)15(22)10-11/h1-4,9-10,21-23H,5-8H2. The van der Waals surface area contributed by atoms with E-state index in [0.717, 1.165) is 12.1 Å². The van der Waals surface area contributed by atoms with Crippen molar-refractivity contribution in [2.45, 2.75) is 4.90 Å². The molecule has 27 heavy (non-hydrogen) atoms. The van der Waals surface area contributed by atoms with E-state index < -0.39 is 33.2 Å². The molecule has 10 heteroatoms. The molecule has 0 radical (unpaired) electrons. The van der Waals surface area contributed by atoms with E-state index in [0.29, 0.717) is 5.02 Å². The first kappa shape index (κ1) is 19.3. The van der Waals surface area contributed by atoms with Crippen LogP contribution in [0.3, 0.4) is 0 Å². The van der Waals surface area contributed by atoms with Crippen molar-refractivity contribution < 1.29 is 28.5 Å². The number of phenols is 3. The molecule has 1 aliphatic rings. The monoisotopic (exact) mass is 412 g/mol. The summed E-state index contributed by atoms with van der Waals surface area (Å²) in [5, 5.41) is 28.9. The van der Waals surface area contributed by atoms with Gasteiger partial charge < -0.3 is 20.2 Å². The van der Waals surface area contributed by atoms with Gasteiger partial charge in [-0.2, -0.15) is 4.31 Å². The number of piperazine rings is 1. The highest BCUT2D eigenvalue weighted by atomic mass is 35.5. The summed E-state index contributed by atoms with van der Waals surface area (Å²) in [4.78, 5) is 14.1. The van der Waals surface area contributed by atoms with E-state index in [4.69, 9.17) is 11.6 Å². The fourth-order valence-electron chi connectivity index (χ4n) is 2.80. The zero-order chi connectivity index (χ0) is 19.8. The van der Waals surface area contributed by atoms with Gasteiger partial charge in [-0.25, -0.2) is 8.42 Å². The summed E-state index contributed by atoms with van der Waals surface area (Å²) in [5.74, 6) is -2.40. The number of aromatic hydroxyl groups is 3. The SMILES string of the molecule is O=C(c1cc(O)c(O)c(O)c1)N1CCN(S(=O)(=O)c2ccc(Cl)cc2)CC1. The first-order valence-corrected chi connectivity index (χ1v) is 9.82. The predicted octanol–water partition coefficient (Wildman–Crippen LogP) is 1.60. The molecule has 0 aliphatic carbocycles. The molecular formula is C17H17ClN2O6S. The van der Waals surface area contributed by atoms with Gasteiger partial charge in [0, 0.05) is 36.8 Å². The van der Waals surface area contributed by atoms with Gasteiger partial charge in [0.05, 0.1) is 4.90 Å². The molecule has 1 heterocycles. The zero-order valence-corrected chi connectivity index (χ0v) is 15.6. The number of halogens is 1. The number of hydrogen-bond acceptors (Lipinski definition) is 6. The minimum absolute atomic E-state index is 0.00296. The molecular weight excluding hydrogens is 396 g/mol. The zero-order valence-electron chi connectivity index (χ0n) is 14.0. The van der Waals surface area contributed by atoms with Crippen LogP contribution in [0.25, 0.3) is 0 Å². The van der Waals surface area contributed by atoms with Crippen molar-refractivity contribution in [3.63, 3.8) is 0 Å². The summed E-state index contributed by atoms with van der Waals surface area (Å²) in [6.45, 7) is 0.502. The topological polar surface area (TPSA) is 118 Å². The van der Waals surface area contributed by atoms with Crippen molar-refractivity contribution in [1.82, 2.24) is 9.21 Å². The van der Waals surface area contributed by atoms with Crippen LogP contribution in [-0.4, -0.2) is 65.0 Å². The Hall–Kier alpha value is -2.49. The van der Waals surface area contributed by atoms with Gasteiger partial charge in [-0.1, -0.05) is 11.6 Å². The van der Waals surface area contributed by atoms with E-state index in [2.05, 4.69) is 0 Å². The second-order valence-corrected chi connectivity index (χ2v) is 8.39. The minimum atomic E-state index is -3.69. The number of rotatable bonds is 3. The summed E-state index contributed by atoms with van der Waals surface area (Å²) in [6.07, 6.45) is 0. The molecule has 3 rings (SSSR count). The van der Waals surface area contributed by atoms with Gasteiger partial charge in [0.25, 0.3) is 5.91 Å². The second kappa shape index (κ2) is 7.26. The normalized spacial score (nSPS) is 15.7. The number of carbonyl (C=O) groups is 1. The Labute approximate surface area is 160 Å². The third-order valence-electron chi connectivity index (χ3n) is 4.29. The van der Waals surface area contributed by atoms with E-state index in [9.17, 15) is 28.5 Å². The van der Waals surface area contributed by atoms with Crippen molar-refractivity contribution >= 4 is 27.5 Å². The van der Waals surface area contributed by atoms with E-state index in [1.807, 2.05) is 0 Å². The lowest BCUT2D eigenvalue weighted by atomic mass is 10.1. The maximum Gasteiger partial charge on any atom is 0.254 e. The average Bonchev–Trinajstić information content (AvgIpc) is 2.65. The lowest BCUT2D eigenvalue weighted by Crippen LogP contribution is -2.50. The van der Waals surface area contributed by atoms with Crippen LogP contribution in [0.2, 0.25) is 5.02 Å². The number of amides is 1. The van der Waals surface area contributed by atoms with Crippen molar-refractivity contribution in [2.75, 3.05) is 26.2 Å². The highest BCUT2D eigenvalue weighted by Gasteiger charge is 2.30. The maximum atomic E-state index is 12.7. The van der Waals surface area contributed by atoms with Gasteiger partial charge in [0.15, 0.2) is 17.2 Å². The lowest BCUT2D eigenvalue weighted by molar-refractivity contribution is 0.0697. The van der Waals surface area contributed by atoms with Crippen molar-refractivity contribution in [1.29, 1.82) is 0 Å². The first-order valence-electron chi connectivity index (χ1n) is 8.00. The van der Waals surface area contributed by atoms with Gasteiger partial charge in [-0.3, -0.25) is 4.79 Å². The third kappa shape index (κ3) is 3.80. The molecule has 144 valence electrons. The molecule has 1 aliphatic heterocycles. The molecule has 1 amide bonds. The van der Waals surface area contributed by atoms with Crippen LogP contribution in [0, 0.1) is 0 Å². The number of sulfonamides is 1. The van der Waals surface area contributed by atoms with E-state index in [1.165, 1.54) is 33.5 Å². The minimum Gasteiger partial charge on any atom is -0.504 e. The Kier molecular flexibility index (Phi) is 5.18. The smallest absolute Gasteiger partial charge is 0.254 e. The Morgan fingerprint density at radius 3 is 1.96 bits per heavy atom. The van der Waals surface area contributed by atoms with Crippen LogP contribution in [0.4, 0.5) is 0 Å². The maximum absolute atomic E-state index is 12.7. The molecule has 0 saturated carbocycles. The van der Waals surface area contributed by atoms with Crippen LogP contribution in [0.5, 0.6) is 17.2 Å². The van der Waals surface area contributed by atoms with Gasteiger partial charge in [0.2, 0.25) is 10.0 Å². The van der Waals surface area contributed by atoms with Crippen LogP contribution >= 0.6 is 11.6 Å². The Morgan fingerprint density at radius 1 is 0.926 bits per heavy atom. The molecule has 2 aromatic carbocycles. The van der Waals surface area contributed by atoms with Crippen molar-refractivity contribution in [2.24, 2.45) is 0 Å². The number of hydrogen-bond donors (Lipinski definition) is 3. The Balaban J connectivity index is 1.71. The largest absolute Gasteiger partial charge is 0.504 e. The fourth-order valence-corrected chi connectivity index (χ4v) is 4.35. The Morgan fingerprint density at radius 2 is 1.44 bits per heavy atom. The van der Waals surface area contributed by atoms with Crippen LogP contribution in [0.1, 0.15) is 10.4 Å². The highest BCUT2D eigenvalue weighted by Crippen LogP contribution is 2.35. The average molecular weight is 413 g/mol. The Bertz CT molecular complexity index is 946. The second-order valence-electron chi connectivity index (χ2n) is 6.01. The molecule has 2 aromatic rings. The van der Waals surface area contributed by atoms with Crippen LogP contribution in [0.15, 0.2) is 41.3 Å². The molecule has 1 saturated heterocycles. The van der Waals surface area contributed by atoms with Crippen LogP contribution < -0.4 is 0 Å². The third-order valence-corrected chi connectivity index (χ3v) is 6.46. The first-order chi connectivity index (χ1) is 12.7. The highest BCUT2D eigenvalue weighted by molar-refractivity contribution is 7.89. The molecule has 0 aromatic heterocycles. The molecule has 3 N–H and O–H groups in total. The lowest BCUT2D eigenvalue weighted by Gasteiger charge is -2.34. The number of phenolic OH excluding ortho intramolecular Hbond substituents is 3. The summed E-state index contributed by atoms with van der Waals surface area (Å²) in [7, 11) is -3.69. The molecule has 8 nitrogen and oxygen atoms in total. The summed E-state index contributed by atoms with van der Waals surface area (Å²) in [6, 6.07) is 7.95. The fraction of sp³-hybridized carbons (Fsp3) is 0.235. The van der Waals surface area contributed by atoms with Gasteiger partial charge in [-0.15, -0.1) is 0 Å². The van der Waals surface area contributed by atoms with Gasteiger partial charge in [-0.05, 0) is 36.4 Å². The van der Waals surface area contributed by atoms with Gasteiger partial charge >= 0.3 is 0 Å². The summed E-state index contributed by atoms with van der Waals surface area (Å²) >= 11 is 5.79. The molecule has 0 spiro atoms. The van der Waals surface area contributed by atoms with E-state index >= 15 is 0 Å².